The van der Waals surface area contributed by atoms with E-state index in [2.05, 4.69) is 0 Å². The molecule has 0 fully saturated rings. The standard InChI is InChI=1S/C28H37Cl2NO7/c1-5-36-25(26(32)33)16-20-6-8-24(9-7-20)37-13-11-31(27(34)38-19-28(2,3)4)10-12-35-18-21-14-22(29)17-23(30)15-21/h6-9,14-15,17,25H,5,10-13,16,18-19H2,1-4H3,(H,32,33). The summed E-state index contributed by atoms with van der Waals surface area (Å²) in [5.41, 5.74) is 1.50. The maximum absolute atomic E-state index is 12.7. The molecule has 0 aliphatic carbocycles. The fourth-order valence-corrected chi connectivity index (χ4v) is 3.92. The van der Waals surface area contributed by atoms with Crippen molar-refractivity contribution in [3.05, 3.63) is 63.6 Å². The minimum atomic E-state index is -0.994. The van der Waals surface area contributed by atoms with E-state index in [0.29, 0.717) is 42.1 Å². The molecule has 0 aliphatic heterocycles. The molecule has 0 spiro atoms. The summed E-state index contributed by atoms with van der Waals surface area (Å²) < 4.78 is 22.3. The van der Waals surface area contributed by atoms with Crippen molar-refractivity contribution in [3.63, 3.8) is 0 Å². The lowest BCUT2D eigenvalue weighted by Gasteiger charge is -2.25. The Labute approximate surface area is 234 Å². The van der Waals surface area contributed by atoms with Crippen LogP contribution < -0.4 is 4.74 Å². The van der Waals surface area contributed by atoms with E-state index in [0.717, 1.165) is 11.1 Å². The first-order chi connectivity index (χ1) is 18.0. The van der Waals surface area contributed by atoms with Gasteiger partial charge in [0.1, 0.15) is 12.4 Å². The Morgan fingerprint density at radius 1 is 0.974 bits per heavy atom. The molecular weight excluding hydrogens is 533 g/mol. The molecule has 10 heteroatoms. The number of hydrogen-bond acceptors (Lipinski definition) is 6. The number of benzene rings is 2. The van der Waals surface area contributed by atoms with E-state index in [1.165, 1.54) is 0 Å². The normalized spacial score (nSPS) is 12.2. The smallest absolute Gasteiger partial charge is 0.409 e. The summed E-state index contributed by atoms with van der Waals surface area (Å²) in [7, 11) is 0. The first kappa shape index (κ1) is 31.7. The highest BCUT2D eigenvalue weighted by Crippen LogP contribution is 2.20. The number of aliphatic carboxylic acids is 1. The Hall–Kier alpha value is -2.52. The number of ether oxygens (including phenoxy) is 4. The molecule has 2 rings (SSSR count). The summed E-state index contributed by atoms with van der Waals surface area (Å²) in [5, 5.41) is 10.3. The van der Waals surface area contributed by atoms with E-state index >= 15 is 0 Å². The van der Waals surface area contributed by atoms with Gasteiger partial charge in [-0.1, -0.05) is 56.1 Å². The van der Waals surface area contributed by atoms with Crippen molar-refractivity contribution in [2.45, 2.75) is 46.8 Å². The molecule has 1 amide bonds. The van der Waals surface area contributed by atoms with Gasteiger partial charge in [0.2, 0.25) is 0 Å². The molecule has 1 atom stereocenters. The fourth-order valence-electron chi connectivity index (χ4n) is 3.35. The number of nitrogens with zero attached hydrogens (tertiary/aromatic N) is 1. The molecule has 2 aromatic carbocycles. The molecule has 1 N–H and O–H groups in total. The molecule has 210 valence electrons. The highest BCUT2D eigenvalue weighted by Gasteiger charge is 2.20. The summed E-state index contributed by atoms with van der Waals surface area (Å²) in [6.07, 6.45) is -1.07. The maximum Gasteiger partial charge on any atom is 0.409 e. The second-order valence-electron chi connectivity index (χ2n) is 9.91. The van der Waals surface area contributed by atoms with E-state index in [-0.39, 0.29) is 31.7 Å². The third kappa shape index (κ3) is 12.3. The van der Waals surface area contributed by atoms with Crippen LogP contribution in [0.25, 0.3) is 0 Å². The molecular formula is C28H37Cl2NO7. The zero-order valence-electron chi connectivity index (χ0n) is 22.4. The van der Waals surface area contributed by atoms with Crippen molar-refractivity contribution >= 4 is 35.3 Å². The number of carboxylic acid groups (broad SMARTS) is 1. The first-order valence-corrected chi connectivity index (χ1v) is 13.2. The van der Waals surface area contributed by atoms with Gasteiger partial charge in [-0.3, -0.25) is 0 Å². The van der Waals surface area contributed by atoms with Crippen molar-refractivity contribution in [1.82, 2.24) is 4.90 Å². The van der Waals surface area contributed by atoms with Crippen LogP contribution in [-0.2, 0) is 32.0 Å². The van der Waals surface area contributed by atoms with Crippen LogP contribution in [0.3, 0.4) is 0 Å². The molecule has 1 unspecified atom stereocenters. The maximum atomic E-state index is 12.7. The molecule has 0 bridgehead atoms. The molecule has 0 aromatic heterocycles. The van der Waals surface area contributed by atoms with Crippen molar-refractivity contribution in [3.8, 4) is 5.75 Å². The zero-order valence-corrected chi connectivity index (χ0v) is 23.9. The molecule has 38 heavy (non-hydrogen) atoms. The first-order valence-electron chi connectivity index (χ1n) is 12.5. The lowest BCUT2D eigenvalue weighted by molar-refractivity contribution is -0.149. The zero-order chi connectivity index (χ0) is 28.1. The van der Waals surface area contributed by atoms with Gasteiger partial charge in [-0.2, -0.15) is 0 Å². The number of carbonyl (C=O) groups excluding carboxylic acids is 1. The van der Waals surface area contributed by atoms with Crippen LogP contribution in [-0.4, -0.2) is 67.7 Å². The third-order valence-electron chi connectivity index (χ3n) is 5.20. The van der Waals surface area contributed by atoms with E-state index in [4.69, 9.17) is 42.1 Å². The Balaban J connectivity index is 1.89. The highest BCUT2D eigenvalue weighted by molar-refractivity contribution is 6.34. The average molecular weight is 571 g/mol. The number of amides is 1. The number of rotatable bonds is 15. The van der Waals surface area contributed by atoms with Gasteiger partial charge in [0.25, 0.3) is 0 Å². The summed E-state index contributed by atoms with van der Waals surface area (Å²) >= 11 is 12.1. The molecule has 0 radical (unpaired) electrons. The Bertz CT molecular complexity index is 1000. The molecule has 0 heterocycles. The number of carbonyl (C=O) groups is 2. The van der Waals surface area contributed by atoms with Crippen LogP contribution in [0, 0.1) is 5.41 Å². The minimum absolute atomic E-state index is 0.163. The monoisotopic (exact) mass is 569 g/mol. The van der Waals surface area contributed by atoms with E-state index in [9.17, 15) is 14.7 Å². The lowest BCUT2D eigenvalue weighted by Crippen LogP contribution is -2.38. The highest BCUT2D eigenvalue weighted by atomic mass is 35.5. The summed E-state index contributed by atoms with van der Waals surface area (Å²) in [5.74, 6) is -0.389. The van der Waals surface area contributed by atoms with Gasteiger partial charge in [0, 0.05) is 29.6 Å². The van der Waals surface area contributed by atoms with Gasteiger partial charge in [-0.05, 0) is 53.8 Å². The van der Waals surface area contributed by atoms with Crippen LogP contribution in [0.4, 0.5) is 4.79 Å². The van der Waals surface area contributed by atoms with E-state index in [1.807, 2.05) is 20.8 Å². The van der Waals surface area contributed by atoms with Crippen LogP contribution in [0.5, 0.6) is 5.75 Å². The summed E-state index contributed by atoms with van der Waals surface area (Å²) in [6, 6.07) is 12.3. The van der Waals surface area contributed by atoms with Crippen LogP contribution in [0.2, 0.25) is 10.0 Å². The van der Waals surface area contributed by atoms with Gasteiger partial charge in [-0.25, -0.2) is 9.59 Å². The quantitative estimate of drug-likeness (QED) is 0.259. The SMILES string of the molecule is CCOC(Cc1ccc(OCCN(CCOCc2cc(Cl)cc(Cl)c2)C(=O)OCC(C)(C)C)cc1)C(=O)O. The molecule has 0 aliphatic rings. The number of hydrogen-bond donors (Lipinski definition) is 1. The van der Waals surface area contributed by atoms with Gasteiger partial charge >= 0.3 is 12.1 Å². The largest absolute Gasteiger partial charge is 0.492 e. The number of halogens is 2. The lowest BCUT2D eigenvalue weighted by atomic mass is 9.99. The summed E-state index contributed by atoms with van der Waals surface area (Å²) in [6.45, 7) is 9.78. The Morgan fingerprint density at radius 2 is 1.61 bits per heavy atom. The van der Waals surface area contributed by atoms with Crippen molar-refractivity contribution in [2.24, 2.45) is 5.41 Å². The van der Waals surface area contributed by atoms with Crippen molar-refractivity contribution in [2.75, 3.05) is 39.5 Å². The molecule has 0 saturated heterocycles. The van der Waals surface area contributed by atoms with E-state index < -0.39 is 18.2 Å². The molecule has 2 aromatic rings. The Kier molecular flexibility index (Phi) is 13.2. The molecule has 0 saturated carbocycles. The second-order valence-corrected chi connectivity index (χ2v) is 10.8. The van der Waals surface area contributed by atoms with Crippen LogP contribution in [0.15, 0.2) is 42.5 Å². The predicted octanol–water partition coefficient (Wildman–Crippen LogP) is 6.11. The van der Waals surface area contributed by atoms with E-state index in [1.54, 1.807) is 54.3 Å². The van der Waals surface area contributed by atoms with Crippen molar-refractivity contribution < 1.29 is 33.6 Å². The number of carboxylic acids is 1. The molecule has 8 nitrogen and oxygen atoms in total. The predicted molar refractivity (Wildman–Crippen MR) is 147 cm³/mol. The van der Waals surface area contributed by atoms with Gasteiger partial charge in [0.15, 0.2) is 6.10 Å². The average Bonchev–Trinajstić information content (AvgIpc) is 2.83. The summed E-state index contributed by atoms with van der Waals surface area (Å²) in [4.78, 5) is 25.6. The van der Waals surface area contributed by atoms with Gasteiger partial charge in [-0.15, -0.1) is 0 Å². The van der Waals surface area contributed by atoms with Gasteiger partial charge in [0.05, 0.1) is 26.4 Å². The van der Waals surface area contributed by atoms with Crippen LogP contribution >= 0.6 is 23.2 Å². The van der Waals surface area contributed by atoms with Crippen LogP contribution in [0.1, 0.15) is 38.8 Å². The van der Waals surface area contributed by atoms with Crippen molar-refractivity contribution in [1.29, 1.82) is 0 Å². The Morgan fingerprint density at radius 3 is 2.18 bits per heavy atom. The third-order valence-corrected chi connectivity index (χ3v) is 5.64. The second kappa shape index (κ2) is 15.8. The minimum Gasteiger partial charge on any atom is -0.492 e. The fraction of sp³-hybridized carbons (Fsp3) is 0.500. The topological polar surface area (TPSA) is 94.5 Å². The van der Waals surface area contributed by atoms with Gasteiger partial charge < -0.3 is 29.0 Å².